The van der Waals surface area contributed by atoms with Gasteiger partial charge in [0.1, 0.15) is 29.8 Å². The van der Waals surface area contributed by atoms with Crippen LogP contribution >= 0.6 is 0 Å². The van der Waals surface area contributed by atoms with Crippen LogP contribution < -0.4 is 0 Å². The van der Waals surface area contributed by atoms with E-state index in [0.29, 0.717) is 11.3 Å². The largest absolute Gasteiger partial charge is 0.467 e. The zero-order valence-electron chi connectivity index (χ0n) is 19.5. The fourth-order valence-electron chi connectivity index (χ4n) is 2.43. The lowest BCUT2D eigenvalue weighted by Crippen LogP contribution is -2.52. The highest BCUT2D eigenvalue weighted by atomic mass is 16.6. The number of esters is 1. The van der Waals surface area contributed by atoms with Crippen LogP contribution in [-0.4, -0.2) is 60.0 Å². The second-order valence-corrected chi connectivity index (χ2v) is 8.92. The summed E-state index contributed by atoms with van der Waals surface area (Å²) in [5, 5.41) is 0. The van der Waals surface area contributed by atoms with E-state index in [2.05, 4.69) is 0 Å². The van der Waals surface area contributed by atoms with E-state index in [1.807, 2.05) is 0 Å². The third-order valence-electron chi connectivity index (χ3n) is 3.75. The molecule has 0 aliphatic rings. The number of hydrogen-bond donors (Lipinski definition) is 0. The first kappa shape index (κ1) is 28.3. The van der Waals surface area contributed by atoms with Crippen LogP contribution in [0.2, 0.25) is 0 Å². The third kappa shape index (κ3) is 11.9. The molecule has 0 saturated heterocycles. The van der Waals surface area contributed by atoms with Gasteiger partial charge in [0.25, 0.3) is 0 Å². The molecule has 31 heavy (non-hydrogen) atoms. The summed E-state index contributed by atoms with van der Waals surface area (Å²) in [6.45, 7) is 9.79. The van der Waals surface area contributed by atoms with E-state index >= 15 is 0 Å². The number of carbonyl (C=O) groups excluding carboxylic acids is 5. The molecule has 0 aromatic heterocycles. The Kier molecular flexibility index (Phi) is 11.7. The lowest BCUT2D eigenvalue weighted by Gasteiger charge is -2.32. The molecule has 0 aliphatic heterocycles. The molecule has 0 spiro atoms. The average molecular weight is 442 g/mol. The van der Waals surface area contributed by atoms with E-state index in [-0.39, 0.29) is 19.3 Å². The highest BCUT2D eigenvalue weighted by Crippen LogP contribution is 2.20. The van der Waals surface area contributed by atoms with Crippen molar-refractivity contribution >= 4 is 30.7 Å². The minimum Gasteiger partial charge on any atom is -0.467 e. The molecule has 2 atom stereocenters. The van der Waals surface area contributed by atoms with Crippen LogP contribution in [0.5, 0.6) is 0 Å². The van der Waals surface area contributed by atoms with Crippen LogP contribution in [0.1, 0.15) is 67.2 Å². The number of hydrogen-bond acceptors (Lipinski definition) is 8. The van der Waals surface area contributed by atoms with E-state index in [1.165, 1.54) is 0 Å². The predicted octanol–water partition coefficient (Wildman–Crippen LogP) is 3.83. The number of nitrogens with zero attached hydrogens (tertiary/aromatic N) is 1. The van der Waals surface area contributed by atoms with Crippen LogP contribution in [0.25, 0.3) is 0 Å². The maximum absolute atomic E-state index is 12.8. The first-order chi connectivity index (χ1) is 14.3. The van der Waals surface area contributed by atoms with E-state index in [9.17, 15) is 24.0 Å². The monoisotopic (exact) mass is 441 g/mol. The van der Waals surface area contributed by atoms with Gasteiger partial charge in [-0.1, -0.05) is 12.2 Å². The topological polar surface area (TPSA) is 116 Å². The van der Waals surface area contributed by atoms with E-state index in [4.69, 9.17) is 14.2 Å². The Morgan fingerprint density at radius 3 is 1.77 bits per heavy atom. The number of imide groups is 1. The molecule has 9 nitrogen and oxygen atoms in total. The summed E-state index contributed by atoms with van der Waals surface area (Å²) >= 11 is 0. The van der Waals surface area contributed by atoms with Crippen molar-refractivity contribution in [1.82, 2.24) is 4.90 Å². The Morgan fingerprint density at radius 1 is 0.871 bits per heavy atom. The molecule has 0 radical (unpaired) electrons. The SMILES string of the molecule is COC(=O)[C@H](CC/C=C/[C@H](C=O)CCC=O)N(C(=O)OC(C)(C)C)C(=O)OC(C)(C)C. The summed E-state index contributed by atoms with van der Waals surface area (Å²) in [5.41, 5.74) is -1.82. The van der Waals surface area contributed by atoms with Gasteiger partial charge in [0.05, 0.1) is 7.11 Å². The molecule has 0 aromatic rings. The molecule has 0 N–H and O–H groups in total. The van der Waals surface area contributed by atoms with E-state index in [0.717, 1.165) is 19.7 Å². The van der Waals surface area contributed by atoms with Crippen LogP contribution in [0.15, 0.2) is 12.2 Å². The maximum Gasteiger partial charge on any atom is 0.420 e. The summed E-state index contributed by atoms with van der Waals surface area (Å²) in [6, 6.07) is -1.29. The van der Waals surface area contributed by atoms with Gasteiger partial charge in [-0.25, -0.2) is 14.4 Å². The van der Waals surface area contributed by atoms with Gasteiger partial charge in [0.2, 0.25) is 0 Å². The molecule has 176 valence electrons. The van der Waals surface area contributed by atoms with Gasteiger partial charge in [-0.15, -0.1) is 0 Å². The smallest absolute Gasteiger partial charge is 0.420 e. The molecule has 2 amide bonds. The molecule has 0 aromatic carbocycles. The van der Waals surface area contributed by atoms with Gasteiger partial charge in [0, 0.05) is 12.3 Å². The van der Waals surface area contributed by atoms with Crippen molar-refractivity contribution in [3.05, 3.63) is 12.2 Å². The van der Waals surface area contributed by atoms with Crippen LogP contribution in [0.3, 0.4) is 0 Å². The Balaban J connectivity index is 5.66. The number of carbonyl (C=O) groups is 5. The molecular formula is C22H35NO8. The van der Waals surface area contributed by atoms with Gasteiger partial charge in [-0.05, 0) is 60.8 Å². The normalized spacial score (nSPS) is 13.8. The third-order valence-corrected chi connectivity index (χ3v) is 3.75. The molecule has 0 bridgehead atoms. The van der Waals surface area contributed by atoms with Crippen molar-refractivity contribution in [3.8, 4) is 0 Å². The van der Waals surface area contributed by atoms with Crippen molar-refractivity contribution in [1.29, 1.82) is 0 Å². The highest BCUT2D eigenvalue weighted by molar-refractivity contribution is 5.94. The summed E-state index contributed by atoms with van der Waals surface area (Å²) in [6.07, 6.45) is 3.60. The fourth-order valence-corrected chi connectivity index (χ4v) is 2.43. The van der Waals surface area contributed by atoms with Crippen molar-refractivity contribution < 1.29 is 38.2 Å². The highest BCUT2D eigenvalue weighted by Gasteiger charge is 2.40. The lowest BCUT2D eigenvalue weighted by atomic mass is 10.0. The molecule has 0 fully saturated rings. The molecule has 0 aliphatic carbocycles. The van der Waals surface area contributed by atoms with Crippen LogP contribution in [0.4, 0.5) is 9.59 Å². The first-order valence-electron chi connectivity index (χ1n) is 10.1. The Bertz CT molecular complexity index is 629. The fraction of sp³-hybridized carbons (Fsp3) is 0.682. The zero-order chi connectivity index (χ0) is 24.2. The number of allylic oxidation sites excluding steroid dienone is 2. The Hall–Kier alpha value is -2.71. The number of rotatable bonds is 10. The zero-order valence-corrected chi connectivity index (χ0v) is 19.5. The number of methoxy groups -OCH3 is 1. The van der Waals surface area contributed by atoms with Gasteiger partial charge in [-0.2, -0.15) is 4.90 Å². The van der Waals surface area contributed by atoms with Crippen LogP contribution in [-0.2, 0) is 28.6 Å². The van der Waals surface area contributed by atoms with Crippen LogP contribution in [0, 0.1) is 5.92 Å². The maximum atomic E-state index is 12.8. The number of amides is 2. The van der Waals surface area contributed by atoms with Crippen molar-refractivity contribution in [2.75, 3.05) is 7.11 Å². The summed E-state index contributed by atoms with van der Waals surface area (Å²) in [7, 11) is 1.15. The summed E-state index contributed by atoms with van der Waals surface area (Å²) in [4.78, 5) is 60.1. The second-order valence-electron chi connectivity index (χ2n) is 8.92. The van der Waals surface area contributed by atoms with Crippen molar-refractivity contribution in [3.63, 3.8) is 0 Å². The minimum absolute atomic E-state index is 0.0287. The van der Waals surface area contributed by atoms with Crippen molar-refractivity contribution in [2.24, 2.45) is 5.92 Å². The average Bonchev–Trinajstić information content (AvgIpc) is 2.62. The standard InChI is InChI=1S/C22H35NO8/c1-21(2,3)30-19(27)23(20(28)31-22(4,5)6)17(18(26)29-7)13-9-8-11-16(15-25)12-10-14-24/h8,11,14-17H,9-10,12-13H2,1-7H3/b11-8+/t16-,17-/m0/s1. The second kappa shape index (κ2) is 12.9. The Morgan fingerprint density at radius 2 is 1.39 bits per heavy atom. The van der Waals surface area contributed by atoms with Gasteiger partial charge in [0.15, 0.2) is 0 Å². The molecule has 0 saturated carbocycles. The number of aldehydes is 2. The van der Waals surface area contributed by atoms with Gasteiger partial charge in [-0.3, -0.25) is 0 Å². The van der Waals surface area contributed by atoms with E-state index in [1.54, 1.807) is 53.7 Å². The Labute approximate surface area is 184 Å². The van der Waals surface area contributed by atoms with Gasteiger partial charge < -0.3 is 23.8 Å². The van der Waals surface area contributed by atoms with Gasteiger partial charge >= 0.3 is 18.2 Å². The first-order valence-corrected chi connectivity index (χ1v) is 10.1. The summed E-state index contributed by atoms with van der Waals surface area (Å²) < 4.78 is 15.4. The minimum atomic E-state index is -1.29. The molecule has 0 unspecified atom stereocenters. The predicted molar refractivity (Wildman–Crippen MR) is 113 cm³/mol. The molecule has 9 heteroatoms. The molecular weight excluding hydrogens is 406 g/mol. The van der Waals surface area contributed by atoms with Crippen molar-refractivity contribution in [2.45, 2.75) is 84.5 Å². The quantitative estimate of drug-likeness (QED) is 0.217. The lowest BCUT2D eigenvalue weighted by molar-refractivity contribution is -0.147. The number of ether oxygens (including phenoxy) is 3. The molecule has 0 rings (SSSR count). The van der Waals surface area contributed by atoms with E-state index < -0.39 is 41.3 Å². The molecule has 0 heterocycles. The summed E-state index contributed by atoms with van der Waals surface area (Å²) in [5.74, 6) is -1.24.